The van der Waals surface area contributed by atoms with Crippen LogP contribution in [0.4, 0.5) is 0 Å². The molecule has 0 aromatic rings. The lowest BCUT2D eigenvalue weighted by molar-refractivity contribution is 0.0873. The van der Waals surface area contributed by atoms with E-state index >= 15 is 0 Å². The fourth-order valence-corrected chi connectivity index (χ4v) is 3.09. The van der Waals surface area contributed by atoms with Gasteiger partial charge in [-0.15, -0.1) is 0 Å². The van der Waals surface area contributed by atoms with Crippen molar-refractivity contribution in [1.82, 2.24) is 4.90 Å². The molecule has 1 heterocycles. The predicted octanol–water partition coefficient (Wildman–Crippen LogP) is 2.24. The highest BCUT2D eigenvalue weighted by Gasteiger charge is 2.37. The molecule has 0 bridgehead atoms. The maximum absolute atomic E-state index is 6.02. The highest BCUT2D eigenvalue weighted by molar-refractivity contribution is 4.94. The number of hydrogen-bond acceptors (Lipinski definition) is 2. The normalized spacial score (nSPS) is 32.6. The van der Waals surface area contributed by atoms with Crippen LogP contribution in [0.15, 0.2) is 0 Å². The molecule has 15 heavy (non-hydrogen) atoms. The zero-order valence-corrected chi connectivity index (χ0v) is 10.3. The van der Waals surface area contributed by atoms with Gasteiger partial charge in [-0.25, -0.2) is 0 Å². The third kappa shape index (κ3) is 2.36. The summed E-state index contributed by atoms with van der Waals surface area (Å²) in [7, 11) is 0. The van der Waals surface area contributed by atoms with Crippen LogP contribution in [-0.2, 0) is 0 Å². The van der Waals surface area contributed by atoms with Gasteiger partial charge in [-0.3, -0.25) is 4.90 Å². The summed E-state index contributed by atoms with van der Waals surface area (Å²) in [5.41, 5.74) is 6.31. The zero-order valence-electron chi connectivity index (χ0n) is 10.3. The molecule has 0 aromatic heterocycles. The quantitative estimate of drug-likeness (QED) is 0.771. The molecule has 0 amide bonds. The Bertz CT molecular complexity index is 213. The van der Waals surface area contributed by atoms with Gasteiger partial charge >= 0.3 is 0 Å². The minimum atomic E-state index is 0.288. The third-order valence-corrected chi connectivity index (χ3v) is 4.58. The van der Waals surface area contributed by atoms with Crippen LogP contribution >= 0.6 is 0 Å². The second-order valence-corrected chi connectivity index (χ2v) is 6.04. The number of rotatable bonds is 4. The molecule has 1 aliphatic carbocycles. The van der Waals surface area contributed by atoms with Crippen molar-refractivity contribution in [3.63, 3.8) is 0 Å². The number of nitrogens with zero attached hydrogens (tertiary/aromatic N) is 1. The van der Waals surface area contributed by atoms with Gasteiger partial charge < -0.3 is 5.73 Å². The topological polar surface area (TPSA) is 29.3 Å². The molecule has 2 heteroatoms. The molecule has 2 nitrogen and oxygen atoms in total. The van der Waals surface area contributed by atoms with E-state index in [9.17, 15) is 0 Å². The van der Waals surface area contributed by atoms with Gasteiger partial charge in [0.2, 0.25) is 0 Å². The van der Waals surface area contributed by atoms with E-state index in [-0.39, 0.29) is 5.54 Å². The molecule has 1 saturated heterocycles. The molecular formula is C13H26N2. The second kappa shape index (κ2) is 4.42. The third-order valence-electron chi connectivity index (χ3n) is 4.58. The summed E-state index contributed by atoms with van der Waals surface area (Å²) in [6.45, 7) is 8.10. The molecule has 2 atom stereocenters. The lowest BCUT2D eigenvalue weighted by atomic mass is 9.76. The molecule has 1 saturated carbocycles. The van der Waals surface area contributed by atoms with Crippen LogP contribution < -0.4 is 5.73 Å². The van der Waals surface area contributed by atoms with Crippen LogP contribution in [0.2, 0.25) is 0 Å². The zero-order chi connectivity index (χ0) is 10.9. The van der Waals surface area contributed by atoms with E-state index in [2.05, 4.69) is 18.7 Å². The standard InChI is InChI=1S/C13H26N2/c1-11-6-7-15(9-11)13(2,10-14)8-12-4-3-5-12/h11-12H,3-10,14H2,1-2H3. The van der Waals surface area contributed by atoms with E-state index < -0.39 is 0 Å². The summed E-state index contributed by atoms with van der Waals surface area (Å²) in [6.07, 6.45) is 7.02. The van der Waals surface area contributed by atoms with E-state index in [1.165, 1.54) is 45.2 Å². The smallest absolute Gasteiger partial charge is 0.0306 e. The van der Waals surface area contributed by atoms with Gasteiger partial charge in [-0.2, -0.15) is 0 Å². The van der Waals surface area contributed by atoms with Gasteiger partial charge in [0, 0.05) is 18.6 Å². The van der Waals surface area contributed by atoms with Crippen molar-refractivity contribution in [1.29, 1.82) is 0 Å². The average Bonchev–Trinajstić information content (AvgIpc) is 2.59. The van der Waals surface area contributed by atoms with Gasteiger partial charge in [0.25, 0.3) is 0 Å². The minimum Gasteiger partial charge on any atom is -0.329 e. The largest absolute Gasteiger partial charge is 0.329 e. The van der Waals surface area contributed by atoms with Crippen LogP contribution in [0, 0.1) is 11.8 Å². The first-order valence-corrected chi connectivity index (χ1v) is 6.59. The summed E-state index contributed by atoms with van der Waals surface area (Å²) in [5.74, 6) is 1.84. The molecular weight excluding hydrogens is 184 g/mol. The van der Waals surface area contributed by atoms with Crippen LogP contribution in [0.3, 0.4) is 0 Å². The Morgan fingerprint density at radius 2 is 2.07 bits per heavy atom. The van der Waals surface area contributed by atoms with Crippen molar-refractivity contribution in [2.75, 3.05) is 19.6 Å². The lowest BCUT2D eigenvalue weighted by Crippen LogP contribution is -2.52. The van der Waals surface area contributed by atoms with Gasteiger partial charge in [0.1, 0.15) is 0 Å². The van der Waals surface area contributed by atoms with Crippen molar-refractivity contribution >= 4 is 0 Å². The Morgan fingerprint density at radius 1 is 1.33 bits per heavy atom. The fraction of sp³-hybridized carbons (Fsp3) is 1.00. The SMILES string of the molecule is CC1CCN(C(C)(CN)CC2CCC2)C1. The maximum Gasteiger partial charge on any atom is 0.0306 e. The molecule has 2 aliphatic rings. The van der Waals surface area contributed by atoms with E-state index in [0.29, 0.717) is 0 Å². The van der Waals surface area contributed by atoms with Crippen LogP contribution in [0.25, 0.3) is 0 Å². The highest BCUT2D eigenvalue weighted by atomic mass is 15.2. The van der Waals surface area contributed by atoms with Gasteiger partial charge in [0.15, 0.2) is 0 Å². The molecule has 2 fully saturated rings. The van der Waals surface area contributed by atoms with Gasteiger partial charge in [-0.05, 0) is 38.1 Å². The van der Waals surface area contributed by atoms with Crippen LogP contribution in [-0.4, -0.2) is 30.1 Å². The summed E-state index contributed by atoms with van der Waals surface area (Å²) >= 11 is 0. The van der Waals surface area contributed by atoms with Gasteiger partial charge in [0.05, 0.1) is 0 Å². The second-order valence-electron chi connectivity index (χ2n) is 6.04. The van der Waals surface area contributed by atoms with E-state index in [0.717, 1.165) is 18.4 Å². The van der Waals surface area contributed by atoms with Crippen molar-refractivity contribution in [3.8, 4) is 0 Å². The summed E-state index contributed by atoms with van der Waals surface area (Å²) in [5, 5.41) is 0. The van der Waals surface area contributed by atoms with Crippen molar-refractivity contribution in [2.24, 2.45) is 17.6 Å². The van der Waals surface area contributed by atoms with E-state index in [1.54, 1.807) is 0 Å². The number of hydrogen-bond donors (Lipinski definition) is 1. The first-order valence-electron chi connectivity index (χ1n) is 6.59. The van der Waals surface area contributed by atoms with Crippen LogP contribution in [0.5, 0.6) is 0 Å². The fourth-order valence-electron chi connectivity index (χ4n) is 3.09. The highest BCUT2D eigenvalue weighted by Crippen LogP contribution is 2.37. The Labute approximate surface area is 94.2 Å². The Hall–Kier alpha value is -0.0800. The van der Waals surface area contributed by atoms with Crippen molar-refractivity contribution < 1.29 is 0 Å². The molecule has 1 aliphatic heterocycles. The summed E-state index contributed by atoms with van der Waals surface area (Å²) in [6, 6.07) is 0. The molecule has 0 spiro atoms. The molecule has 88 valence electrons. The molecule has 0 radical (unpaired) electrons. The number of likely N-dealkylation sites (tertiary alicyclic amines) is 1. The Morgan fingerprint density at radius 3 is 2.47 bits per heavy atom. The molecule has 2 rings (SSSR count). The van der Waals surface area contributed by atoms with Crippen molar-refractivity contribution in [2.45, 2.75) is 51.5 Å². The molecule has 0 aromatic carbocycles. The van der Waals surface area contributed by atoms with Crippen molar-refractivity contribution in [3.05, 3.63) is 0 Å². The maximum atomic E-state index is 6.02. The minimum absolute atomic E-state index is 0.288. The molecule has 2 N–H and O–H groups in total. The predicted molar refractivity (Wildman–Crippen MR) is 64.8 cm³/mol. The Balaban J connectivity index is 1.93. The van der Waals surface area contributed by atoms with Gasteiger partial charge in [-0.1, -0.05) is 26.2 Å². The van der Waals surface area contributed by atoms with E-state index in [4.69, 9.17) is 5.73 Å². The molecule has 2 unspecified atom stereocenters. The Kier molecular flexibility index (Phi) is 3.36. The number of nitrogens with two attached hydrogens (primary N) is 1. The first-order chi connectivity index (χ1) is 7.14. The van der Waals surface area contributed by atoms with E-state index in [1.807, 2.05) is 0 Å². The monoisotopic (exact) mass is 210 g/mol. The lowest BCUT2D eigenvalue weighted by Gasteiger charge is -2.42. The average molecular weight is 210 g/mol. The summed E-state index contributed by atoms with van der Waals surface area (Å²) in [4.78, 5) is 2.65. The van der Waals surface area contributed by atoms with Crippen LogP contribution in [0.1, 0.15) is 46.0 Å². The summed E-state index contributed by atoms with van der Waals surface area (Å²) < 4.78 is 0. The first kappa shape index (κ1) is 11.4.